The maximum absolute atomic E-state index is 9.04. The molecule has 0 saturated heterocycles. The SMILES string of the molecule is CC=CCc1ccccc1B(O)O. The molecular formula is C10H13BO2. The molecule has 1 aromatic carbocycles. The first-order chi connectivity index (χ1) is 6.25. The van der Waals surface area contributed by atoms with Gasteiger partial charge >= 0.3 is 7.12 Å². The van der Waals surface area contributed by atoms with Crippen LogP contribution in [0.15, 0.2) is 36.4 Å². The lowest BCUT2D eigenvalue weighted by atomic mass is 9.76. The van der Waals surface area contributed by atoms with Crippen molar-refractivity contribution in [1.29, 1.82) is 0 Å². The molecule has 1 aromatic rings. The molecule has 0 aliphatic heterocycles. The predicted molar refractivity (Wildman–Crippen MR) is 54.8 cm³/mol. The largest absolute Gasteiger partial charge is 0.488 e. The Bertz CT molecular complexity index is 295. The van der Waals surface area contributed by atoms with Crippen molar-refractivity contribution in [3.63, 3.8) is 0 Å². The number of rotatable bonds is 3. The summed E-state index contributed by atoms with van der Waals surface area (Å²) in [6.45, 7) is 1.94. The smallest absolute Gasteiger partial charge is 0.423 e. The average molecular weight is 176 g/mol. The summed E-state index contributed by atoms with van der Waals surface area (Å²) < 4.78 is 0. The van der Waals surface area contributed by atoms with Crippen molar-refractivity contribution >= 4 is 12.6 Å². The molecule has 0 amide bonds. The van der Waals surface area contributed by atoms with Gasteiger partial charge in [0.05, 0.1) is 0 Å². The van der Waals surface area contributed by atoms with Crippen molar-refractivity contribution < 1.29 is 10.0 Å². The van der Waals surface area contributed by atoms with Crippen molar-refractivity contribution in [3.05, 3.63) is 42.0 Å². The van der Waals surface area contributed by atoms with Crippen LogP contribution in [0.3, 0.4) is 0 Å². The molecule has 68 valence electrons. The highest BCUT2D eigenvalue weighted by atomic mass is 16.4. The van der Waals surface area contributed by atoms with Crippen LogP contribution in [0.1, 0.15) is 12.5 Å². The van der Waals surface area contributed by atoms with Crippen LogP contribution < -0.4 is 5.46 Å². The number of hydrogen-bond acceptors (Lipinski definition) is 2. The van der Waals surface area contributed by atoms with Crippen molar-refractivity contribution in [3.8, 4) is 0 Å². The standard InChI is InChI=1S/C10H13BO2/c1-2-3-6-9-7-4-5-8-10(9)11(12)13/h2-5,7-8,12-13H,6H2,1H3. The molecule has 0 aromatic heterocycles. The highest BCUT2D eigenvalue weighted by molar-refractivity contribution is 6.59. The summed E-state index contributed by atoms with van der Waals surface area (Å²) in [5.41, 5.74) is 1.54. The summed E-state index contributed by atoms with van der Waals surface area (Å²) in [5.74, 6) is 0. The van der Waals surface area contributed by atoms with Gasteiger partial charge in [-0.3, -0.25) is 0 Å². The van der Waals surface area contributed by atoms with Gasteiger partial charge in [0.2, 0.25) is 0 Å². The van der Waals surface area contributed by atoms with E-state index in [4.69, 9.17) is 10.0 Å². The molecule has 2 N–H and O–H groups in total. The summed E-state index contributed by atoms with van der Waals surface area (Å²) >= 11 is 0. The summed E-state index contributed by atoms with van der Waals surface area (Å²) in [4.78, 5) is 0. The summed E-state index contributed by atoms with van der Waals surface area (Å²) in [6.07, 6.45) is 4.67. The maximum Gasteiger partial charge on any atom is 0.488 e. The van der Waals surface area contributed by atoms with E-state index >= 15 is 0 Å². The third-order valence-electron chi connectivity index (χ3n) is 1.91. The zero-order chi connectivity index (χ0) is 9.68. The minimum Gasteiger partial charge on any atom is -0.423 e. The summed E-state index contributed by atoms with van der Waals surface area (Å²) in [6, 6.07) is 7.32. The third kappa shape index (κ3) is 2.72. The second kappa shape index (κ2) is 4.85. The fraction of sp³-hybridized carbons (Fsp3) is 0.200. The second-order valence-corrected chi connectivity index (χ2v) is 2.85. The number of hydrogen-bond donors (Lipinski definition) is 2. The molecule has 1 rings (SSSR count). The molecule has 0 aliphatic carbocycles. The second-order valence-electron chi connectivity index (χ2n) is 2.85. The fourth-order valence-corrected chi connectivity index (χ4v) is 1.22. The van der Waals surface area contributed by atoms with Crippen molar-refractivity contribution in [2.75, 3.05) is 0 Å². The Morgan fingerprint density at radius 2 is 2.00 bits per heavy atom. The van der Waals surface area contributed by atoms with E-state index in [1.165, 1.54) is 0 Å². The minimum absolute atomic E-state index is 0.584. The predicted octanol–water partition coefficient (Wildman–Crippen LogP) is 0.485. The van der Waals surface area contributed by atoms with E-state index in [9.17, 15) is 0 Å². The zero-order valence-electron chi connectivity index (χ0n) is 7.64. The van der Waals surface area contributed by atoms with Gasteiger partial charge in [-0.15, -0.1) is 0 Å². The maximum atomic E-state index is 9.04. The van der Waals surface area contributed by atoms with Gasteiger partial charge in [0, 0.05) is 0 Å². The van der Waals surface area contributed by atoms with Crippen LogP contribution in [-0.4, -0.2) is 17.2 Å². The molecule has 0 saturated carbocycles. The third-order valence-corrected chi connectivity index (χ3v) is 1.91. The first-order valence-electron chi connectivity index (χ1n) is 4.30. The minimum atomic E-state index is -1.37. The monoisotopic (exact) mass is 176 g/mol. The van der Waals surface area contributed by atoms with E-state index in [-0.39, 0.29) is 0 Å². The molecule has 0 spiro atoms. The molecule has 0 fully saturated rings. The molecule has 0 aliphatic rings. The topological polar surface area (TPSA) is 40.5 Å². The Labute approximate surface area is 78.7 Å². The van der Waals surface area contributed by atoms with Crippen LogP contribution in [0.25, 0.3) is 0 Å². The lowest BCUT2D eigenvalue weighted by Gasteiger charge is -2.05. The lowest BCUT2D eigenvalue weighted by molar-refractivity contribution is 0.425. The molecule has 0 atom stereocenters. The van der Waals surface area contributed by atoms with E-state index in [0.29, 0.717) is 5.46 Å². The van der Waals surface area contributed by atoms with E-state index < -0.39 is 7.12 Å². The first kappa shape index (κ1) is 10.0. The van der Waals surface area contributed by atoms with Gasteiger partial charge in [-0.1, -0.05) is 36.4 Å². The molecule has 2 nitrogen and oxygen atoms in total. The van der Waals surface area contributed by atoms with Gasteiger partial charge < -0.3 is 10.0 Å². The fourth-order valence-electron chi connectivity index (χ4n) is 1.22. The molecule has 0 heterocycles. The highest BCUT2D eigenvalue weighted by Gasteiger charge is 2.13. The van der Waals surface area contributed by atoms with Crippen LogP contribution in [0.2, 0.25) is 0 Å². The molecule has 0 radical (unpaired) electrons. The van der Waals surface area contributed by atoms with Gasteiger partial charge in [0.1, 0.15) is 0 Å². The van der Waals surface area contributed by atoms with E-state index in [1.54, 1.807) is 12.1 Å². The number of allylic oxidation sites excluding steroid dienone is 2. The molecule has 13 heavy (non-hydrogen) atoms. The lowest BCUT2D eigenvalue weighted by Crippen LogP contribution is -2.32. The molecule has 3 heteroatoms. The molecular weight excluding hydrogens is 163 g/mol. The quantitative estimate of drug-likeness (QED) is 0.519. The van der Waals surface area contributed by atoms with Gasteiger partial charge in [0.15, 0.2) is 0 Å². The Hall–Kier alpha value is -1.06. The molecule has 0 unspecified atom stereocenters. The Morgan fingerprint density at radius 1 is 1.31 bits per heavy atom. The normalized spacial score (nSPS) is 10.7. The Kier molecular flexibility index (Phi) is 3.74. The van der Waals surface area contributed by atoms with Crippen LogP contribution >= 0.6 is 0 Å². The van der Waals surface area contributed by atoms with E-state index in [0.717, 1.165) is 12.0 Å². The molecule has 0 bridgehead atoms. The van der Waals surface area contributed by atoms with Gasteiger partial charge in [-0.05, 0) is 24.4 Å². The van der Waals surface area contributed by atoms with Crippen molar-refractivity contribution in [2.45, 2.75) is 13.3 Å². The highest BCUT2D eigenvalue weighted by Crippen LogP contribution is 1.99. The van der Waals surface area contributed by atoms with Crippen LogP contribution in [-0.2, 0) is 6.42 Å². The zero-order valence-corrected chi connectivity index (χ0v) is 7.64. The van der Waals surface area contributed by atoms with Crippen LogP contribution in [0.4, 0.5) is 0 Å². The Balaban J connectivity index is 2.91. The van der Waals surface area contributed by atoms with Crippen molar-refractivity contribution in [2.24, 2.45) is 0 Å². The van der Waals surface area contributed by atoms with Crippen LogP contribution in [0.5, 0.6) is 0 Å². The van der Waals surface area contributed by atoms with Gasteiger partial charge in [-0.25, -0.2) is 0 Å². The van der Waals surface area contributed by atoms with E-state index in [2.05, 4.69) is 0 Å². The Morgan fingerprint density at radius 3 is 2.62 bits per heavy atom. The number of benzene rings is 1. The van der Waals surface area contributed by atoms with E-state index in [1.807, 2.05) is 31.2 Å². The summed E-state index contributed by atoms with van der Waals surface area (Å²) in [5, 5.41) is 18.1. The van der Waals surface area contributed by atoms with Crippen LogP contribution in [0, 0.1) is 0 Å². The summed E-state index contributed by atoms with van der Waals surface area (Å²) in [7, 11) is -1.37. The van der Waals surface area contributed by atoms with Gasteiger partial charge in [-0.2, -0.15) is 0 Å². The van der Waals surface area contributed by atoms with Gasteiger partial charge in [0.25, 0.3) is 0 Å². The average Bonchev–Trinajstić information content (AvgIpc) is 2.15. The first-order valence-corrected chi connectivity index (χ1v) is 4.30. The van der Waals surface area contributed by atoms with Crippen molar-refractivity contribution in [1.82, 2.24) is 0 Å².